The number of fused-ring (bicyclic) bond motifs is 1. The normalized spacial score (nSPS) is 17.2. The fraction of sp³-hybridized carbons (Fsp3) is 0.360. The molecule has 0 aliphatic carbocycles. The molecule has 2 heterocycles. The van der Waals surface area contributed by atoms with E-state index in [1.807, 2.05) is 25.1 Å². The molecule has 2 aromatic carbocycles. The van der Waals surface area contributed by atoms with Crippen LogP contribution in [0.15, 0.2) is 36.4 Å². The minimum atomic E-state index is -0.561. The van der Waals surface area contributed by atoms with Gasteiger partial charge in [0.15, 0.2) is 17.3 Å². The number of carbonyl (C=O) groups is 2. The Kier molecular flexibility index (Phi) is 6.15. The van der Waals surface area contributed by atoms with Crippen LogP contribution in [0.5, 0.6) is 17.2 Å². The number of aryl methyl sites for hydroxylation is 1. The van der Waals surface area contributed by atoms with Crippen molar-refractivity contribution in [3.63, 3.8) is 0 Å². The third-order valence-corrected chi connectivity index (χ3v) is 6.59. The van der Waals surface area contributed by atoms with Gasteiger partial charge >= 0.3 is 0 Å². The second-order valence-electron chi connectivity index (χ2n) is 8.26. The monoisotopic (exact) mass is 455 g/mol. The number of benzene rings is 2. The summed E-state index contributed by atoms with van der Waals surface area (Å²) >= 11 is 6.18. The fourth-order valence-electron chi connectivity index (χ4n) is 4.26. The molecule has 0 saturated carbocycles. The molecule has 0 aromatic heterocycles. The number of hydrogen-bond acceptors (Lipinski definition) is 5. The lowest BCUT2D eigenvalue weighted by atomic mass is 9.82. The lowest BCUT2D eigenvalue weighted by Crippen LogP contribution is -2.52. The van der Waals surface area contributed by atoms with Gasteiger partial charge in [-0.3, -0.25) is 9.59 Å². The van der Waals surface area contributed by atoms with E-state index >= 15 is 0 Å². The number of carbonyl (C=O) groups excluding carboxylic acids is 2. The van der Waals surface area contributed by atoms with Crippen LogP contribution >= 0.6 is 11.6 Å². The molecule has 0 unspecified atom stereocenters. The Morgan fingerprint density at radius 3 is 2.53 bits per heavy atom. The van der Waals surface area contributed by atoms with Crippen molar-refractivity contribution >= 4 is 29.4 Å². The van der Waals surface area contributed by atoms with Gasteiger partial charge in [-0.05, 0) is 48.4 Å². The molecule has 1 fully saturated rings. The zero-order chi connectivity index (χ0) is 22.9. The van der Waals surface area contributed by atoms with E-state index in [1.54, 1.807) is 43.4 Å². The van der Waals surface area contributed by atoms with E-state index in [9.17, 15) is 9.59 Å². The highest BCUT2D eigenvalue weighted by Gasteiger charge is 2.43. The molecule has 2 aliphatic heterocycles. The molecule has 1 spiro atoms. The highest BCUT2D eigenvalue weighted by atomic mass is 35.5. The summed E-state index contributed by atoms with van der Waals surface area (Å²) in [6.07, 6.45) is 4.85. The first-order valence-electron chi connectivity index (χ1n) is 10.6. The van der Waals surface area contributed by atoms with Gasteiger partial charge in [0.05, 0.1) is 26.2 Å². The molecule has 0 atom stereocenters. The van der Waals surface area contributed by atoms with E-state index in [4.69, 9.17) is 25.8 Å². The summed E-state index contributed by atoms with van der Waals surface area (Å²) in [5, 5.41) is 0.568. The minimum Gasteiger partial charge on any atom is -0.493 e. The highest BCUT2D eigenvalue weighted by molar-refractivity contribution is 6.31. The Morgan fingerprint density at radius 1 is 1.12 bits per heavy atom. The summed E-state index contributed by atoms with van der Waals surface area (Å²) in [5.41, 5.74) is 1.70. The average Bonchev–Trinajstić information content (AvgIpc) is 2.79. The number of likely N-dealkylation sites (tertiary alicyclic amines) is 1. The van der Waals surface area contributed by atoms with Crippen molar-refractivity contribution in [1.82, 2.24) is 4.90 Å². The number of halogens is 1. The molecule has 0 bridgehead atoms. The van der Waals surface area contributed by atoms with E-state index in [0.29, 0.717) is 60.2 Å². The summed E-state index contributed by atoms with van der Waals surface area (Å²) in [7, 11) is 3.16. The van der Waals surface area contributed by atoms with Crippen LogP contribution in [0.1, 0.15) is 40.7 Å². The van der Waals surface area contributed by atoms with E-state index in [2.05, 4.69) is 0 Å². The van der Waals surface area contributed by atoms with Crippen LogP contribution in [-0.2, 0) is 4.79 Å². The lowest BCUT2D eigenvalue weighted by Gasteiger charge is -2.43. The molecule has 2 aromatic rings. The van der Waals surface area contributed by atoms with Crippen molar-refractivity contribution in [3.05, 3.63) is 58.1 Å². The smallest absolute Gasteiger partial charge is 0.246 e. The fourth-order valence-corrected chi connectivity index (χ4v) is 4.42. The number of ketones is 1. The van der Waals surface area contributed by atoms with Gasteiger partial charge in [-0.25, -0.2) is 0 Å². The van der Waals surface area contributed by atoms with Crippen LogP contribution in [0.4, 0.5) is 0 Å². The van der Waals surface area contributed by atoms with Crippen LogP contribution < -0.4 is 14.2 Å². The molecular weight excluding hydrogens is 430 g/mol. The number of amides is 1. The van der Waals surface area contributed by atoms with Crippen LogP contribution in [0.25, 0.3) is 6.08 Å². The summed E-state index contributed by atoms with van der Waals surface area (Å²) in [4.78, 5) is 27.3. The van der Waals surface area contributed by atoms with Crippen LogP contribution in [-0.4, -0.2) is 49.5 Å². The molecule has 168 valence electrons. The third-order valence-electron chi connectivity index (χ3n) is 6.18. The van der Waals surface area contributed by atoms with Gasteiger partial charge in [-0.2, -0.15) is 0 Å². The third kappa shape index (κ3) is 4.32. The van der Waals surface area contributed by atoms with E-state index in [0.717, 1.165) is 11.1 Å². The molecule has 6 nitrogen and oxygen atoms in total. The first-order valence-corrected chi connectivity index (χ1v) is 10.9. The number of Topliss-reactive ketones (excluding diaryl/α,β-unsaturated/α-hetero) is 1. The van der Waals surface area contributed by atoms with Gasteiger partial charge in [0, 0.05) is 37.0 Å². The topological polar surface area (TPSA) is 65.1 Å². The summed E-state index contributed by atoms with van der Waals surface area (Å²) in [6.45, 7) is 2.96. The molecule has 2 aliphatic rings. The highest BCUT2D eigenvalue weighted by Crippen LogP contribution is 2.41. The standard InChI is InChI=1S/C25H26ClNO5/c1-16-12-22-18(14-19(16)26)20(28)15-25(32-22)8-10-27(11-9-25)24(29)7-5-17-4-6-21(30-2)23(13-17)31-3/h4-7,12-14H,8-11,15H2,1-3H3/b7-5+. The molecule has 1 saturated heterocycles. The summed E-state index contributed by atoms with van der Waals surface area (Å²) < 4.78 is 16.9. The molecular formula is C25H26ClNO5. The molecule has 32 heavy (non-hydrogen) atoms. The zero-order valence-corrected chi connectivity index (χ0v) is 19.2. The lowest BCUT2D eigenvalue weighted by molar-refractivity contribution is -0.129. The van der Waals surface area contributed by atoms with Crippen molar-refractivity contribution < 1.29 is 23.8 Å². The van der Waals surface area contributed by atoms with Crippen LogP contribution in [0, 0.1) is 6.92 Å². The molecule has 0 N–H and O–H groups in total. The number of rotatable bonds is 4. The van der Waals surface area contributed by atoms with Crippen molar-refractivity contribution in [3.8, 4) is 17.2 Å². The van der Waals surface area contributed by atoms with Crippen LogP contribution in [0.3, 0.4) is 0 Å². The van der Waals surface area contributed by atoms with Crippen molar-refractivity contribution in [2.24, 2.45) is 0 Å². The van der Waals surface area contributed by atoms with Gasteiger partial charge in [-0.15, -0.1) is 0 Å². The Labute approximate surface area is 192 Å². The second kappa shape index (κ2) is 8.87. The number of nitrogens with zero attached hydrogens (tertiary/aromatic N) is 1. The molecule has 0 radical (unpaired) electrons. The molecule has 7 heteroatoms. The number of ether oxygens (including phenoxy) is 3. The predicted molar refractivity (Wildman–Crippen MR) is 123 cm³/mol. The Bertz CT molecular complexity index is 1090. The maximum Gasteiger partial charge on any atom is 0.246 e. The van der Waals surface area contributed by atoms with Crippen molar-refractivity contribution in [2.75, 3.05) is 27.3 Å². The Hall–Kier alpha value is -2.99. The van der Waals surface area contributed by atoms with Gasteiger partial charge in [0.1, 0.15) is 11.4 Å². The average molecular weight is 456 g/mol. The quantitative estimate of drug-likeness (QED) is 0.625. The first kappa shape index (κ1) is 22.2. The second-order valence-corrected chi connectivity index (χ2v) is 8.66. The number of piperidine rings is 1. The largest absolute Gasteiger partial charge is 0.493 e. The summed E-state index contributed by atoms with van der Waals surface area (Å²) in [6, 6.07) is 9.02. The maximum absolute atomic E-state index is 12.7. The molecule has 1 amide bonds. The SMILES string of the molecule is COc1ccc(/C=C/C(=O)N2CCC3(CC2)CC(=O)c2cc(Cl)c(C)cc2O3)cc1OC. The van der Waals surface area contributed by atoms with Gasteiger partial charge < -0.3 is 19.1 Å². The van der Waals surface area contributed by atoms with Gasteiger partial charge in [0.25, 0.3) is 0 Å². The van der Waals surface area contributed by atoms with E-state index < -0.39 is 5.60 Å². The number of hydrogen-bond donors (Lipinski definition) is 0. The number of methoxy groups -OCH3 is 2. The zero-order valence-electron chi connectivity index (χ0n) is 18.4. The Balaban J connectivity index is 1.41. The predicted octanol–water partition coefficient (Wildman–Crippen LogP) is 4.71. The van der Waals surface area contributed by atoms with Crippen molar-refractivity contribution in [1.29, 1.82) is 0 Å². The van der Waals surface area contributed by atoms with Crippen LogP contribution in [0.2, 0.25) is 5.02 Å². The van der Waals surface area contributed by atoms with E-state index in [1.165, 1.54) is 0 Å². The maximum atomic E-state index is 12.7. The van der Waals surface area contributed by atoms with Gasteiger partial charge in [-0.1, -0.05) is 17.7 Å². The first-order chi connectivity index (χ1) is 15.3. The summed E-state index contributed by atoms with van der Waals surface area (Å²) in [5.74, 6) is 1.81. The molecule has 4 rings (SSSR count). The van der Waals surface area contributed by atoms with Gasteiger partial charge in [0.2, 0.25) is 5.91 Å². The minimum absolute atomic E-state index is 0.0428. The van der Waals surface area contributed by atoms with Crippen molar-refractivity contribution in [2.45, 2.75) is 31.8 Å². The van der Waals surface area contributed by atoms with E-state index in [-0.39, 0.29) is 11.7 Å². The Morgan fingerprint density at radius 2 is 1.84 bits per heavy atom.